The Kier molecular flexibility index (Phi) is 6.75. The Morgan fingerprint density at radius 3 is 2.63 bits per heavy atom. The minimum absolute atomic E-state index is 0.304. The maximum Gasteiger partial charge on any atom is 0.280 e. The summed E-state index contributed by atoms with van der Waals surface area (Å²) in [6.45, 7) is 4.35. The first-order valence-electron chi connectivity index (χ1n) is 12.0. The Morgan fingerprint density at radius 1 is 1.08 bits per heavy atom. The number of carbonyl (C=O) groups is 1. The highest BCUT2D eigenvalue weighted by Crippen LogP contribution is 2.29. The summed E-state index contributed by atoms with van der Waals surface area (Å²) in [5, 5.41) is 12.7. The third-order valence-electron chi connectivity index (χ3n) is 6.26. The molecule has 5 rings (SSSR count). The van der Waals surface area contributed by atoms with Crippen LogP contribution in [0.3, 0.4) is 0 Å². The summed E-state index contributed by atoms with van der Waals surface area (Å²) < 4.78 is 7.27. The van der Waals surface area contributed by atoms with E-state index >= 15 is 0 Å². The van der Waals surface area contributed by atoms with Gasteiger partial charge in [-0.2, -0.15) is 5.10 Å². The monoisotopic (exact) mass is 512 g/mol. The van der Waals surface area contributed by atoms with Gasteiger partial charge in [0.2, 0.25) is 0 Å². The van der Waals surface area contributed by atoms with Crippen LogP contribution in [0.1, 0.15) is 23.0 Å². The number of benzene rings is 1. The number of imidazole rings is 1. The highest BCUT2D eigenvalue weighted by atomic mass is 16.7. The second-order valence-corrected chi connectivity index (χ2v) is 8.74. The van der Waals surface area contributed by atoms with Crippen molar-refractivity contribution in [1.29, 1.82) is 0 Å². The van der Waals surface area contributed by atoms with Gasteiger partial charge in [0.1, 0.15) is 23.7 Å². The van der Waals surface area contributed by atoms with E-state index in [-0.39, 0.29) is 5.91 Å². The number of nitrogens with one attached hydrogen (secondary N) is 1. The average Bonchev–Trinajstić information content (AvgIpc) is 3.36. The van der Waals surface area contributed by atoms with E-state index in [9.17, 15) is 4.79 Å². The van der Waals surface area contributed by atoms with E-state index in [2.05, 4.69) is 20.5 Å². The van der Waals surface area contributed by atoms with Gasteiger partial charge in [0.25, 0.3) is 5.91 Å². The first-order chi connectivity index (χ1) is 18.4. The summed E-state index contributed by atoms with van der Waals surface area (Å²) in [6, 6.07) is 13.2. The van der Waals surface area contributed by atoms with Crippen LogP contribution >= 0.6 is 0 Å². The van der Waals surface area contributed by atoms with Gasteiger partial charge in [0.05, 0.1) is 36.5 Å². The molecule has 0 saturated carbocycles. The smallest absolute Gasteiger partial charge is 0.280 e. The molecule has 1 aliphatic rings. The molecule has 1 aliphatic heterocycles. The Labute approximate surface area is 220 Å². The van der Waals surface area contributed by atoms with Gasteiger partial charge in [-0.05, 0) is 68.5 Å². The van der Waals surface area contributed by atoms with Crippen molar-refractivity contribution in [2.45, 2.75) is 13.8 Å². The van der Waals surface area contributed by atoms with Crippen molar-refractivity contribution in [3.05, 3.63) is 83.7 Å². The summed E-state index contributed by atoms with van der Waals surface area (Å²) >= 11 is 0. The molecule has 3 aromatic heterocycles. The lowest BCUT2D eigenvalue weighted by Crippen LogP contribution is -2.31. The average molecular weight is 513 g/mol. The molecule has 0 saturated heterocycles. The lowest BCUT2D eigenvalue weighted by Gasteiger charge is -2.29. The maximum atomic E-state index is 13.1. The standard InChI is InChI=1S/C27H28N8O3/c1-17-6-10-24(32-31-17)29-19-7-9-23-22(15-19)28-16-35(23)25-11-8-21(27(36)33(3)38-5)26(30-25)34-13-12-20(37-4)14-18(34)2/h6-12,14-16H,13H2,1-5H3,(H,29,32). The van der Waals surface area contributed by atoms with E-state index in [1.165, 1.54) is 12.2 Å². The molecule has 0 unspecified atom stereocenters. The van der Waals surface area contributed by atoms with Crippen LogP contribution in [0.25, 0.3) is 16.9 Å². The van der Waals surface area contributed by atoms with Gasteiger partial charge in [-0.3, -0.25) is 14.2 Å². The van der Waals surface area contributed by atoms with Crippen LogP contribution in [0.15, 0.2) is 72.4 Å². The second-order valence-electron chi connectivity index (χ2n) is 8.74. The van der Waals surface area contributed by atoms with E-state index in [1.54, 1.807) is 32.6 Å². The molecule has 4 heterocycles. The fraction of sp³-hybridized carbons (Fsp3) is 0.222. The quantitative estimate of drug-likeness (QED) is 0.365. The van der Waals surface area contributed by atoms with Gasteiger partial charge in [0.15, 0.2) is 5.82 Å². The SMILES string of the molecule is COC1=CCN(c2nc(-n3cnc4cc(Nc5ccc(C)nn5)ccc43)ccc2C(=O)N(C)OC)C(C)=C1. The van der Waals surface area contributed by atoms with Crippen LogP contribution in [0.5, 0.6) is 0 Å². The van der Waals surface area contributed by atoms with Gasteiger partial charge in [-0.15, -0.1) is 5.10 Å². The first kappa shape index (κ1) is 24.9. The number of aryl methyl sites for hydroxylation is 1. The van der Waals surface area contributed by atoms with Gasteiger partial charge in [0, 0.05) is 25.0 Å². The van der Waals surface area contributed by atoms with Crippen molar-refractivity contribution < 1.29 is 14.4 Å². The van der Waals surface area contributed by atoms with Crippen LogP contribution in [-0.4, -0.2) is 63.5 Å². The second kappa shape index (κ2) is 10.3. The minimum atomic E-state index is -0.304. The molecular weight excluding hydrogens is 484 g/mol. The Bertz CT molecular complexity index is 1560. The molecule has 194 valence electrons. The highest BCUT2D eigenvalue weighted by Gasteiger charge is 2.25. The first-order valence-corrected chi connectivity index (χ1v) is 12.0. The Morgan fingerprint density at radius 2 is 1.92 bits per heavy atom. The number of ether oxygens (including phenoxy) is 1. The van der Waals surface area contributed by atoms with E-state index in [0.29, 0.717) is 29.6 Å². The normalized spacial score (nSPS) is 13.2. The molecule has 11 nitrogen and oxygen atoms in total. The third-order valence-corrected chi connectivity index (χ3v) is 6.26. The number of hydrogen-bond donors (Lipinski definition) is 1. The van der Waals surface area contributed by atoms with Gasteiger partial charge in [-0.25, -0.2) is 15.0 Å². The summed E-state index contributed by atoms with van der Waals surface area (Å²) in [7, 11) is 4.65. The van der Waals surface area contributed by atoms with E-state index < -0.39 is 0 Å². The van der Waals surface area contributed by atoms with Crippen LogP contribution in [0.4, 0.5) is 17.3 Å². The zero-order valence-corrected chi connectivity index (χ0v) is 21.8. The zero-order valence-electron chi connectivity index (χ0n) is 21.8. The molecule has 0 aliphatic carbocycles. The number of anilines is 3. The molecule has 11 heteroatoms. The number of methoxy groups -OCH3 is 1. The number of nitrogens with zero attached hydrogens (tertiary/aromatic N) is 7. The van der Waals surface area contributed by atoms with Crippen LogP contribution in [-0.2, 0) is 9.57 Å². The topological polar surface area (TPSA) is 111 Å². The summed E-state index contributed by atoms with van der Waals surface area (Å²) in [5.74, 6) is 2.24. The number of fused-ring (bicyclic) bond motifs is 1. The van der Waals surface area contributed by atoms with Crippen molar-refractivity contribution in [3.63, 3.8) is 0 Å². The molecule has 1 N–H and O–H groups in total. The van der Waals surface area contributed by atoms with Crippen molar-refractivity contribution in [2.75, 3.05) is 38.0 Å². The van der Waals surface area contributed by atoms with E-state index in [1.807, 2.05) is 65.8 Å². The molecule has 1 aromatic carbocycles. The molecule has 0 radical (unpaired) electrons. The van der Waals surface area contributed by atoms with E-state index in [4.69, 9.17) is 14.6 Å². The van der Waals surface area contributed by atoms with Gasteiger partial charge in [-0.1, -0.05) is 0 Å². The number of allylic oxidation sites excluding steroid dienone is 2. The van der Waals surface area contributed by atoms with Crippen LogP contribution < -0.4 is 10.2 Å². The molecule has 4 aromatic rings. The fourth-order valence-corrected chi connectivity index (χ4v) is 4.15. The van der Waals surface area contributed by atoms with E-state index in [0.717, 1.165) is 33.9 Å². The number of pyridine rings is 1. The van der Waals surface area contributed by atoms with Crippen molar-refractivity contribution >= 4 is 34.3 Å². The molecule has 0 spiro atoms. The summed E-state index contributed by atoms with van der Waals surface area (Å²) in [4.78, 5) is 29.8. The van der Waals surface area contributed by atoms with Crippen molar-refractivity contribution in [3.8, 4) is 5.82 Å². The molecule has 1 amide bonds. The third kappa shape index (κ3) is 4.78. The lowest BCUT2D eigenvalue weighted by molar-refractivity contribution is -0.0756. The lowest BCUT2D eigenvalue weighted by atomic mass is 10.1. The van der Waals surface area contributed by atoms with Crippen LogP contribution in [0, 0.1) is 6.92 Å². The van der Waals surface area contributed by atoms with Crippen molar-refractivity contribution in [1.82, 2.24) is 29.8 Å². The molecule has 0 atom stereocenters. The fourth-order valence-electron chi connectivity index (χ4n) is 4.15. The molecular formula is C27H28N8O3. The number of rotatable bonds is 7. The molecule has 38 heavy (non-hydrogen) atoms. The minimum Gasteiger partial charge on any atom is -0.497 e. The summed E-state index contributed by atoms with van der Waals surface area (Å²) in [6.07, 6.45) is 5.57. The van der Waals surface area contributed by atoms with Crippen LogP contribution in [0.2, 0.25) is 0 Å². The van der Waals surface area contributed by atoms with Gasteiger partial charge >= 0.3 is 0 Å². The number of carbonyl (C=O) groups excluding carboxylic acids is 1. The predicted molar refractivity (Wildman–Crippen MR) is 144 cm³/mol. The predicted octanol–water partition coefficient (Wildman–Crippen LogP) is 4.15. The Balaban J connectivity index is 1.53. The molecule has 0 fully saturated rings. The van der Waals surface area contributed by atoms with Crippen molar-refractivity contribution in [2.24, 2.45) is 0 Å². The Hall–Kier alpha value is -4.77. The number of amides is 1. The molecule has 0 bridgehead atoms. The number of hydroxylamine groups is 2. The summed E-state index contributed by atoms with van der Waals surface area (Å²) in [5.41, 5.74) is 4.64. The zero-order chi connectivity index (χ0) is 26.8. The number of hydrogen-bond acceptors (Lipinski definition) is 9. The highest BCUT2D eigenvalue weighted by molar-refractivity contribution is 5.99. The number of aromatic nitrogens is 5. The maximum absolute atomic E-state index is 13.1. The largest absolute Gasteiger partial charge is 0.497 e. The van der Waals surface area contributed by atoms with Gasteiger partial charge < -0.3 is 15.0 Å².